The summed E-state index contributed by atoms with van der Waals surface area (Å²) in [5, 5.41) is 12.3. The summed E-state index contributed by atoms with van der Waals surface area (Å²) in [6, 6.07) is 8.96. The van der Waals surface area contributed by atoms with E-state index in [1.165, 1.54) is 4.90 Å². The van der Waals surface area contributed by atoms with Gasteiger partial charge in [-0.3, -0.25) is 9.59 Å². The summed E-state index contributed by atoms with van der Waals surface area (Å²) in [5.74, 6) is -0.598. The normalized spacial score (nSPS) is 16.7. The van der Waals surface area contributed by atoms with Gasteiger partial charge in [0.15, 0.2) is 0 Å². The molecule has 1 fully saturated rings. The molecule has 7 nitrogen and oxygen atoms in total. The fourth-order valence-electron chi connectivity index (χ4n) is 2.96. The number of hydrogen-bond donors (Lipinski definition) is 2. The van der Waals surface area contributed by atoms with E-state index >= 15 is 0 Å². The van der Waals surface area contributed by atoms with Crippen LogP contribution < -0.4 is 10.1 Å². The number of likely N-dealkylation sites (tertiary alicyclic amines) is 1. The topological polar surface area (TPSA) is 91.8 Å². The quantitative estimate of drug-likeness (QED) is 0.811. The average molecular weight is 369 g/mol. The highest BCUT2D eigenvalue weighted by atomic mass is 16.5. The van der Waals surface area contributed by atoms with Crippen LogP contribution in [-0.4, -0.2) is 46.0 Å². The first kappa shape index (κ1) is 18.8. The third-order valence-corrected chi connectivity index (χ3v) is 4.66. The number of amides is 2. The van der Waals surface area contributed by atoms with Gasteiger partial charge in [-0.15, -0.1) is 0 Å². The molecule has 0 unspecified atom stereocenters. The van der Waals surface area contributed by atoms with Crippen LogP contribution in [0.1, 0.15) is 24.0 Å². The number of aliphatic hydroxyl groups is 1. The van der Waals surface area contributed by atoms with Crippen molar-refractivity contribution < 1.29 is 19.4 Å². The van der Waals surface area contributed by atoms with Crippen molar-refractivity contribution in [2.75, 3.05) is 18.4 Å². The summed E-state index contributed by atoms with van der Waals surface area (Å²) in [4.78, 5) is 30.3. The Kier molecular flexibility index (Phi) is 5.71. The van der Waals surface area contributed by atoms with Crippen LogP contribution in [0.5, 0.6) is 11.6 Å². The Morgan fingerprint density at radius 1 is 1.26 bits per heavy atom. The lowest BCUT2D eigenvalue weighted by Crippen LogP contribution is -2.46. The largest absolute Gasteiger partial charge is 0.437 e. The van der Waals surface area contributed by atoms with Gasteiger partial charge in [0.2, 0.25) is 5.88 Å². The van der Waals surface area contributed by atoms with Crippen molar-refractivity contribution in [2.45, 2.75) is 32.8 Å². The molecule has 0 aliphatic carbocycles. The second kappa shape index (κ2) is 8.18. The molecular weight excluding hydrogens is 346 g/mol. The number of ether oxygens (including phenoxy) is 1. The van der Waals surface area contributed by atoms with E-state index in [2.05, 4.69) is 10.3 Å². The molecule has 0 radical (unpaired) electrons. The van der Waals surface area contributed by atoms with Crippen LogP contribution in [0.2, 0.25) is 0 Å². The van der Waals surface area contributed by atoms with E-state index < -0.39 is 17.9 Å². The fraction of sp³-hybridized carbons (Fsp3) is 0.350. The summed E-state index contributed by atoms with van der Waals surface area (Å²) >= 11 is 0. The van der Waals surface area contributed by atoms with Gasteiger partial charge < -0.3 is 20.1 Å². The van der Waals surface area contributed by atoms with Gasteiger partial charge >= 0.3 is 11.8 Å². The van der Waals surface area contributed by atoms with Crippen LogP contribution in [0.3, 0.4) is 0 Å². The van der Waals surface area contributed by atoms with Crippen LogP contribution >= 0.6 is 0 Å². The van der Waals surface area contributed by atoms with Crippen molar-refractivity contribution in [2.24, 2.45) is 0 Å². The summed E-state index contributed by atoms with van der Waals surface area (Å²) in [6.07, 6.45) is 2.28. The molecule has 7 heteroatoms. The van der Waals surface area contributed by atoms with Crippen molar-refractivity contribution in [3.63, 3.8) is 0 Å². The van der Waals surface area contributed by atoms with Crippen LogP contribution in [-0.2, 0) is 9.59 Å². The van der Waals surface area contributed by atoms with Gasteiger partial charge in [0.1, 0.15) is 11.4 Å². The molecule has 1 saturated heterocycles. The Morgan fingerprint density at radius 3 is 2.85 bits per heavy atom. The van der Waals surface area contributed by atoms with Gasteiger partial charge in [-0.1, -0.05) is 12.1 Å². The maximum atomic E-state index is 12.4. The van der Waals surface area contributed by atoms with Crippen LogP contribution in [0.15, 0.2) is 36.5 Å². The minimum Gasteiger partial charge on any atom is -0.437 e. The Hall–Kier alpha value is -2.93. The zero-order valence-corrected chi connectivity index (χ0v) is 15.4. The lowest BCUT2D eigenvalue weighted by molar-refractivity contribution is -0.145. The highest BCUT2D eigenvalue weighted by Gasteiger charge is 2.27. The molecule has 142 valence electrons. The predicted octanol–water partition coefficient (Wildman–Crippen LogP) is 2.41. The first-order valence-electron chi connectivity index (χ1n) is 8.93. The Labute approximate surface area is 158 Å². The van der Waals surface area contributed by atoms with Crippen LogP contribution in [0.25, 0.3) is 0 Å². The number of carbonyl (C=O) groups excluding carboxylic acids is 2. The number of aryl methyl sites for hydroxylation is 1. The Balaban J connectivity index is 1.75. The van der Waals surface area contributed by atoms with Gasteiger partial charge in [0.05, 0.1) is 6.10 Å². The van der Waals surface area contributed by atoms with Crippen molar-refractivity contribution >= 4 is 17.5 Å². The summed E-state index contributed by atoms with van der Waals surface area (Å²) in [6.45, 7) is 4.55. The molecule has 1 aliphatic heterocycles. The molecule has 2 heterocycles. The molecule has 1 aliphatic rings. The number of pyridine rings is 1. The first-order valence-corrected chi connectivity index (χ1v) is 8.93. The van der Waals surface area contributed by atoms with Gasteiger partial charge in [0, 0.05) is 19.3 Å². The first-order chi connectivity index (χ1) is 13.0. The maximum Gasteiger partial charge on any atom is 0.314 e. The molecule has 0 bridgehead atoms. The highest BCUT2D eigenvalue weighted by Crippen LogP contribution is 2.30. The van der Waals surface area contributed by atoms with E-state index in [1.807, 2.05) is 32.0 Å². The zero-order valence-electron chi connectivity index (χ0n) is 15.4. The van der Waals surface area contributed by atoms with E-state index in [0.29, 0.717) is 30.8 Å². The molecule has 2 amide bonds. The number of nitrogens with zero attached hydrogens (tertiary/aromatic N) is 2. The van der Waals surface area contributed by atoms with Crippen molar-refractivity contribution in [3.8, 4) is 11.6 Å². The molecule has 1 atom stereocenters. The number of piperidine rings is 1. The highest BCUT2D eigenvalue weighted by molar-refractivity contribution is 6.39. The van der Waals surface area contributed by atoms with E-state index in [1.54, 1.807) is 18.3 Å². The molecule has 27 heavy (non-hydrogen) atoms. The van der Waals surface area contributed by atoms with E-state index in [-0.39, 0.29) is 12.4 Å². The molecule has 2 N–H and O–H groups in total. The average Bonchev–Trinajstić information content (AvgIpc) is 2.66. The van der Waals surface area contributed by atoms with Gasteiger partial charge in [0.25, 0.3) is 0 Å². The lowest BCUT2D eigenvalue weighted by Gasteiger charge is -2.29. The molecule has 1 aromatic carbocycles. The third-order valence-electron chi connectivity index (χ3n) is 4.66. The van der Waals surface area contributed by atoms with Crippen molar-refractivity contribution in [1.82, 2.24) is 9.88 Å². The van der Waals surface area contributed by atoms with Crippen molar-refractivity contribution in [3.05, 3.63) is 47.7 Å². The number of aromatic nitrogens is 1. The summed E-state index contributed by atoms with van der Waals surface area (Å²) < 4.78 is 5.87. The molecule has 1 aromatic heterocycles. The Bertz CT molecular complexity index is 853. The number of anilines is 1. The summed E-state index contributed by atoms with van der Waals surface area (Å²) in [5.41, 5.74) is 2.36. The second-order valence-corrected chi connectivity index (χ2v) is 6.66. The number of β-amino-alcohol motifs (C(OH)–C–C–N with tert-alkyl or cyclic N) is 1. The van der Waals surface area contributed by atoms with Crippen molar-refractivity contribution in [1.29, 1.82) is 0 Å². The third kappa shape index (κ3) is 4.43. The molecule has 0 spiro atoms. The number of hydrogen-bond acceptors (Lipinski definition) is 5. The standard InChI is InChI=1S/C20H23N3O4/c1-13-6-3-9-17(14(13)2)27-19-16(8-4-10-21-19)22-18(25)20(26)23-11-5-7-15(24)12-23/h3-4,6,8-10,15,24H,5,7,11-12H2,1-2H3,(H,22,25)/t15-/m0/s1. The number of rotatable bonds is 3. The fourth-order valence-corrected chi connectivity index (χ4v) is 2.96. The van der Waals surface area contributed by atoms with Gasteiger partial charge in [-0.25, -0.2) is 4.98 Å². The molecule has 0 saturated carbocycles. The van der Waals surface area contributed by atoms with Gasteiger partial charge in [-0.2, -0.15) is 0 Å². The number of carbonyl (C=O) groups is 2. The number of benzene rings is 1. The van der Waals surface area contributed by atoms with Crippen LogP contribution in [0, 0.1) is 13.8 Å². The predicted molar refractivity (Wildman–Crippen MR) is 101 cm³/mol. The van der Waals surface area contributed by atoms with Crippen LogP contribution in [0.4, 0.5) is 5.69 Å². The van der Waals surface area contributed by atoms with E-state index in [9.17, 15) is 14.7 Å². The van der Waals surface area contributed by atoms with E-state index in [0.717, 1.165) is 11.1 Å². The monoisotopic (exact) mass is 369 g/mol. The maximum absolute atomic E-state index is 12.4. The van der Waals surface area contributed by atoms with E-state index in [4.69, 9.17) is 4.74 Å². The van der Waals surface area contributed by atoms with Gasteiger partial charge in [-0.05, 0) is 56.0 Å². The number of nitrogens with one attached hydrogen (secondary N) is 1. The lowest BCUT2D eigenvalue weighted by atomic mass is 10.1. The minimum absolute atomic E-state index is 0.172. The summed E-state index contributed by atoms with van der Waals surface area (Å²) in [7, 11) is 0. The zero-order chi connectivity index (χ0) is 19.4. The minimum atomic E-state index is -0.775. The molecule has 3 rings (SSSR count). The number of aliphatic hydroxyl groups excluding tert-OH is 1. The smallest absolute Gasteiger partial charge is 0.314 e. The molecule has 2 aromatic rings. The molecular formula is C20H23N3O4. The Morgan fingerprint density at radius 2 is 2.07 bits per heavy atom. The second-order valence-electron chi connectivity index (χ2n) is 6.66. The SMILES string of the molecule is Cc1cccc(Oc2ncccc2NC(=O)C(=O)N2CCC[C@H](O)C2)c1C.